The largest absolute Gasteiger partial charge is 0.480 e. The van der Waals surface area contributed by atoms with Gasteiger partial charge in [0.2, 0.25) is 5.91 Å². The first-order chi connectivity index (χ1) is 14.9. The van der Waals surface area contributed by atoms with Gasteiger partial charge in [-0.05, 0) is 16.7 Å². The van der Waals surface area contributed by atoms with Crippen LogP contribution >= 0.6 is 0 Å². The maximum Gasteiger partial charge on any atom is 0.327 e. The fourth-order valence-electron chi connectivity index (χ4n) is 4.11. The van der Waals surface area contributed by atoms with E-state index in [1.165, 1.54) is 4.90 Å². The van der Waals surface area contributed by atoms with E-state index < -0.39 is 30.0 Å². The zero-order chi connectivity index (χ0) is 22.0. The minimum atomic E-state index is -1.14. The maximum absolute atomic E-state index is 12.8. The molecule has 4 amide bonds. The third kappa shape index (κ3) is 4.28. The van der Waals surface area contributed by atoms with Gasteiger partial charge in [-0.3, -0.25) is 14.5 Å². The lowest BCUT2D eigenvalue weighted by atomic mass is 9.95. The molecule has 0 radical (unpaired) electrons. The van der Waals surface area contributed by atoms with Gasteiger partial charge >= 0.3 is 12.0 Å². The van der Waals surface area contributed by atoms with Crippen LogP contribution in [0.3, 0.4) is 0 Å². The summed E-state index contributed by atoms with van der Waals surface area (Å²) in [6.07, 6.45) is 0.461. The maximum atomic E-state index is 12.8. The average molecular weight is 421 g/mol. The molecule has 2 aromatic rings. The molecule has 0 spiro atoms. The van der Waals surface area contributed by atoms with E-state index in [0.29, 0.717) is 13.0 Å². The Morgan fingerprint density at radius 1 is 1.03 bits per heavy atom. The number of carbonyl (C=O) groups is 4. The zero-order valence-electron chi connectivity index (χ0n) is 16.9. The first-order valence-electron chi connectivity index (χ1n) is 10.2. The summed E-state index contributed by atoms with van der Waals surface area (Å²) in [5.41, 5.74) is 2.86. The third-order valence-corrected chi connectivity index (χ3v) is 5.75. The summed E-state index contributed by atoms with van der Waals surface area (Å²) in [6.45, 7) is 0.288. The molecule has 160 valence electrons. The Bertz CT molecular complexity index is 980. The number of imide groups is 1. The highest BCUT2D eigenvalue weighted by Crippen LogP contribution is 2.29. The Hall–Kier alpha value is -3.68. The molecule has 2 atom stereocenters. The average Bonchev–Trinajstić information content (AvgIpc) is 3.00. The van der Waals surface area contributed by atoms with Crippen molar-refractivity contribution in [3.05, 3.63) is 71.3 Å². The molecule has 1 saturated heterocycles. The Labute approximate surface area is 179 Å². The summed E-state index contributed by atoms with van der Waals surface area (Å²) < 4.78 is 0. The van der Waals surface area contributed by atoms with E-state index in [-0.39, 0.29) is 25.3 Å². The number of fused-ring (bicyclic) bond motifs is 2. The Morgan fingerprint density at radius 3 is 2.42 bits per heavy atom. The Balaban J connectivity index is 1.35. The highest BCUT2D eigenvalue weighted by Gasteiger charge is 2.46. The second-order valence-electron chi connectivity index (χ2n) is 7.79. The summed E-state index contributed by atoms with van der Waals surface area (Å²) in [7, 11) is 0. The molecule has 31 heavy (non-hydrogen) atoms. The highest BCUT2D eigenvalue weighted by molar-refractivity contribution is 6.05. The standard InChI is InChI=1S/C23H23N3O5/c27-20(24-18(22(29)30)12-15-6-2-1-3-7-15)10-11-25-21(28)19-13-16-8-4-5-9-17(16)14-26(19)23(25)31/h1-9,18-19H,10-14H2,(H,24,27)(H,29,30)/t18-,19-/m0/s1. The summed E-state index contributed by atoms with van der Waals surface area (Å²) in [6, 6.07) is 14.7. The van der Waals surface area contributed by atoms with Crippen LogP contribution in [0.15, 0.2) is 54.6 Å². The molecule has 4 rings (SSSR count). The van der Waals surface area contributed by atoms with Crippen molar-refractivity contribution in [3.63, 3.8) is 0 Å². The fraction of sp³-hybridized carbons (Fsp3) is 0.304. The number of carboxylic acid groups (broad SMARTS) is 1. The van der Waals surface area contributed by atoms with Gasteiger partial charge in [-0.25, -0.2) is 9.59 Å². The lowest BCUT2D eigenvalue weighted by Gasteiger charge is -2.28. The quantitative estimate of drug-likeness (QED) is 0.660. The SMILES string of the molecule is O=C(CCN1C(=O)[C@@H]2Cc3ccccc3CN2C1=O)N[C@@H](Cc1ccccc1)C(=O)O. The van der Waals surface area contributed by atoms with Crippen molar-refractivity contribution in [1.82, 2.24) is 15.1 Å². The van der Waals surface area contributed by atoms with E-state index in [4.69, 9.17) is 0 Å². The molecule has 2 aromatic carbocycles. The molecule has 2 N–H and O–H groups in total. The van der Waals surface area contributed by atoms with Crippen molar-refractivity contribution in [2.24, 2.45) is 0 Å². The van der Waals surface area contributed by atoms with Crippen LogP contribution < -0.4 is 5.32 Å². The number of hydrogen-bond acceptors (Lipinski definition) is 4. The van der Waals surface area contributed by atoms with Crippen LogP contribution in [0, 0.1) is 0 Å². The lowest BCUT2D eigenvalue weighted by Crippen LogP contribution is -2.44. The van der Waals surface area contributed by atoms with Crippen molar-refractivity contribution in [3.8, 4) is 0 Å². The van der Waals surface area contributed by atoms with Gasteiger partial charge in [0.25, 0.3) is 5.91 Å². The van der Waals surface area contributed by atoms with Crippen molar-refractivity contribution < 1.29 is 24.3 Å². The van der Waals surface area contributed by atoms with Gasteiger partial charge in [0.1, 0.15) is 12.1 Å². The molecule has 8 heteroatoms. The summed E-state index contributed by atoms with van der Waals surface area (Å²) in [5, 5.41) is 11.9. The van der Waals surface area contributed by atoms with Crippen LogP contribution in [0.5, 0.6) is 0 Å². The topological polar surface area (TPSA) is 107 Å². The number of rotatable bonds is 7. The number of urea groups is 1. The number of nitrogens with zero attached hydrogens (tertiary/aromatic N) is 2. The highest BCUT2D eigenvalue weighted by atomic mass is 16.4. The van der Waals surface area contributed by atoms with Crippen molar-refractivity contribution in [2.75, 3.05) is 6.54 Å². The second-order valence-corrected chi connectivity index (χ2v) is 7.79. The monoisotopic (exact) mass is 421 g/mol. The van der Waals surface area contributed by atoms with Gasteiger partial charge in [0.05, 0.1) is 0 Å². The van der Waals surface area contributed by atoms with Crippen molar-refractivity contribution in [1.29, 1.82) is 0 Å². The summed E-state index contributed by atoms with van der Waals surface area (Å²) in [4.78, 5) is 52.1. The van der Waals surface area contributed by atoms with Crippen LogP contribution in [0.1, 0.15) is 23.1 Å². The number of benzene rings is 2. The van der Waals surface area contributed by atoms with E-state index in [2.05, 4.69) is 5.32 Å². The van der Waals surface area contributed by atoms with Gasteiger partial charge in [0, 0.05) is 32.4 Å². The van der Waals surface area contributed by atoms with E-state index in [0.717, 1.165) is 21.6 Å². The predicted molar refractivity (Wildman–Crippen MR) is 111 cm³/mol. The smallest absolute Gasteiger partial charge is 0.327 e. The second kappa shape index (κ2) is 8.59. The molecule has 0 aliphatic carbocycles. The number of nitrogens with one attached hydrogen (secondary N) is 1. The molecule has 0 bridgehead atoms. The molecule has 8 nitrogen and oxygen atoms in total. The number of carboxylic acids is 1. The fourth-order valence-corrected chi connectivity index (χ4v) is 4.11. The minimum Gasteiger partial charge on any atom is -0.480 e. The van der Waals surface area contributed by atoms with Gasteiger partial charge in [0.15, 0.2) is 0 Å². The molecule has 0 aromatic heterocycles. The van der Waals surface area contributed by atoms with Crippen LogP contribution in [-0.4, -0.2) is 57.3 Å². The Kier molecular flexibility index (Phi) is 5.70. The first-order valence-corrected chi connectivity index (χ1v) is 10.2. The Morgan fingerprint density at radius 2 is 1.71 bits per heavy atom. The normalized spacial score (nSPS) is 18.4. The van der Waals surface area contributed by atoms with Crippen LogP contribution in [0.2, 0.25) is 0 Å². The summed E-state index contributed by atoms with van der Waals surface area (Å²) in [5.74, 6) is -1.97. The number of hydrogen-bond donors (Lipinski definition) is 2. The van der Waals surface area contributed by atoms with E-state index >= 15 is 0 Å². The molecular weight excluding hydrogens is 398 g/mol. The van der Waals surface area contributed by atoms with Crippen LogP contribution in [0.4, 0.5) is 4.79 Å². The number of carbonyl (C=O) groups excluding carboxylic acids is 3. The van der Waals surface area contributed by atoms with E-state index in [9.17, 15) is 24.3 Å². The number of aliphatic carboxylic acids is 1. The van der Waals surface area contributed by atoms with Crippen LogP contribution in [-0.2, 0) is 33.8 Å². The molecule has 1 fully saturated rings. The molecule has 2 aliphatic rings. The summed E-state index contributed by atoms with van der Waals surface area (Å²) >= 11 is 0. The third-order valence-electron chi connectivity index (χ3n) is 5.75. The minimum absolute atomic E-state index is 0.0788. The van der Waals surface area contributed by atoms with Crippen LogP contribution in [0.25, 0.3) is 0 Å². The van der Waals surface area contributed by atoms with Gasteiger partial charge in [-0.15, -0.1) is 0 Å². The van der Waals surface area contributed by atoms with Gasteiger partial charge < -0.3 is 15.3 Å². The zero-order valence-corrected chi connectivity index (χ0v) is 16.9. The number of amides is 4. The van der Waals surface area contributed by atoms with Crippen molar-refractivity contribution >= 4 is 23.8 Å². The lowest BCUT2D eigenvalue weighted by molar-refractivity contribution is -0.142. The van der Waals surface area contributed by atoms with Gasteiger partial charge in [-0.1, -0.05) is 54.6 Å². The predicted octanol–water partition coefficient (Wildman–Crippen LogP) is 1.58. The molecule has 0 saturated carbocycles. The van der Waals surface area contributed by atoms with E-state index in [1.54, 1.807) is 24.3 Å². The molecule has 2 heterocycles. The molecular formula is C23H23N3O5. The van der Waals surface area contributed by atoms with E-state index in [1.807, 2.05) is 30.3 Å². The van der Waals surface area contributed by atoms with Crippen molar-refractivity contribution in [2.45, 2.75) is 37.9 Å². The molecule has 2 aliphatic heterocycles. The van der Waals surface area contributed by atoms with Gasteiger partial charge in [-0.2, -0.15) is 0 Å². The molecule has 0 unspecified atom stereocenters. The first kappa shape index (κ1) is 20.6.